The van der Waals surface area contributed by atoms with Crippen LogP contribution in [0.3, 0.4) is 0 Å². The summed E-state index contributed by atoms with van der Waals surface area (Å²) in [5, 5.41) is 0.487. The highest BCUT2D eigenvalue weighted by Crippen LogP contribution is 2.26. The van der Waals surface area contributed by atoms with Crippen molar-refractivity contribution in [1.82, 2.24) is 0 Å². The van der Waals surface area contributed by atoms with Gasteiger partial charge in [-0.2, -0.15) is 0 Å². The van der Waals surface area contributed by atoms with E-state index in [1.807, 2.05) is 18.2 Å². The second-order valence-electron chi connectivity index (χ2n) is 3.67. The maximum atomic E-state index is 11.6. The number of carbonyl (C=O) groups is 1. The lowest BCUT2D eigenvalue weighted by molar-refractivity contribution is 0.0287. The standard InChI is InChI=1S/C12H14O3S/c1-9-7-14-11(16-9)8-15-12(13)10-5-3-2-4-6-10/h2-6,9,11H,7-8H2,1H3/t9-,11+/m1/s1. The van der Waals surface area contributed by atoms with Crippen molar-refractivity contribution in [2.75, 3.05) is 13.2 Å². The van der Waals surface area contributed by atoms with E-state index in [0.717, 1.165) is 6.61 Å². The van der Waals surface area contributed by atoms with Crippen LogP contribution in [0.2, 0.25) is 0 Å². The fraction of sp³-hybridized carbons (Fsp3) is 0.417. The number of benzene rings is 1. The largest absolute Gasteiger partial charge is 0.458 e. The average molecular weight is 238 g/mol. The number of thioether (sulfide) groups is 1. The van der Waals surface area contributed by atoms with Crippen molar-refractivity contribution in [2.24, 2.45) is 0 Å². The summed E-state index contributed by atoms with van der Waals surface area (Å²) in [6, 6.07) is 8.99. The molecule has 0 bridgehead atoms. The molecule has 2 atom stereocenters. The normalized spacial score (nSPS) is 24.3. The van der Waals surface area contributed by atoms with E-state index in [-0.39, 0.29) is 11.4 Å². The zero-order chi connectivity index (χ0) is 11.4. The third-order valence-electron chi connectivity index (χ3n) is 2.26. The molecule has 1 aromatic carbocycles. The van der Waals surface area contributed by atoms with E-state index in [4.69, 9.17) is 9.47 Å². The van der Waals surface area contributed by atoms with Crippen LogP contribution in [0.1, 0.15) is 17.3 Å². The van der Waals surface area contributed by atoms with E-state index in [1.165, 1.54) is 0 Å². The Bertz CT molecular complexity index is 353. The molecule has 1 fully saturated rings. The van der Waals surface area contributed by atoms with E-state index in [9.17, 15) is 4.79 Å². The predicted octanol–water partition coefficient (Wildman–Crippen LogP) is 2.32. The maximum absolute atomic E-state index is 11.6. The molecule has 1 saturated heterocycles. The third kappa shape index (κ3) is 3.00. The average Bonchev–Trinajstić information content (AvgIpc) is 2.73. The molecule has 0 aromatic heterocycles. The van der Waals surface area contributed by atoms with Crippen LogP contribution in [-0.4, -0.2) is 29.9 Å². The van der Waals surface area contributed by atoms with E-state index >= 15 is 0 Å². The molecule has 3 nitrogen and oxygen atoms in total. The topological polar surface area (TPSA) is 35.5 Å². The quantitative estimate of drug-likeness (QED) is 0.757. The van der Waals surface area contributed by atoms with Gasteiger partial charge in [-0.25, -0.2) is 4.79 Å². The molecule has 1 aromatic rings. The Kier molecular flexibility index (Phi) is 3.85. The Hall–Kier alpha value is -1.00. The molecule has 1 aliphatic rings. The van der Waals surface area contributed by atoms with Gasteiger partial charge >= 0.3 is 5.97 Å². The molecular formula is C12H14O3S. The Labute approximate surface area is 99.1 Å². The van der Waals surface area contributed by atoms with Crippen LogP contribution in [0, 0.1) is 0 Å². The lowest BCUT2D eigenvalue weighted by Crippen LogP contribution is -2.15. The first kappa shape index (κ1) is 11.5. The van der Waals surface area contributed by atoms with Gasteiger partial charge in [0, 0.05) is 5.25 Å². The molecule has 0 N–H and O–H groups in total. The number of esters is 1. The number of hydrogen-bond donors (Lipinski definition) is 0. The highest BCUT2D eigenvalue weighted by atomic mass is 32.2. The number of ether oxygens (including phenoxy) is 2. The molecule has 0 aliphatic carbocycles. The lowest BCUT2D eigenvalue weighted by atomic mass is 10.2. The van der Waals surface area contributed by atoms with Crippen molar-refractivity contribution in [3.8, 4) is 0 Å². The predicted molar refractivity (Wildman–Crippen MR) is 63.5 cm³/mol. The summed E-state index contributed by atoms with van der Waals surface area (Å²) in [5.41, 5.74) is 0.571. The molecular weight excluding hydrogens is 224 g/mol. The van der Waals surface area contributed by atoms with E-state index in [1.54, 1.807) is 23.9 Å². The van der Waals surface area contributed by atoms with Crippen molar-refractivity contribution in [1.29, 1.82) is 0 Å². The van der Waals surface area contributed by atoms with Gasteiger partial charge in [0.15, 0.2) is 0 Å². The van der Waals surface area contributed by atoms with E-state index in [2.05, 4.69) is 6.92 Å². The Morgan fingerprint density at radius 1 is 1.50 bits per heavy atom. The molecule has 1 heterocycles. The number of carbonyl (C=O) groups excluding carboxylic acids is 1. The SMILES string of the molecule is C[C@@H]1CO[C@H](COC(=O)c2ccccc2)S1. The van der Waals surface area contributed by atoms with Gasteiger partial charge < -0.3 is 9.47 Å². The summed E-state index contributed by atoms with van der Waals surface area (Å²) in [7, 11) is 0. The monoisotopic (exact) mass is 238 g/mol. The lowest BCUT2D eigenvalue weighted by Gasteiger charge is -2.09. The molecule has 1 aliphatic heterocycles. The first-order valence-electron chi connectivity index (χ1n) is 5.25. The van der Waals surface area contributed by atoms with Gasteiger partial charge in [-0.05, 0) is 12.1 Å². The Morgan fingerprint density at radius 2 is 2.25 bits per heavy atom. The van der Waals surface area contributed by atoms with Gasteiger partial charge in [-0.3, -0.25) is 0 Å². The van der Waals surface area contributed by atoms with Crippen LogP contribution in [0.15, 0.2) is 30.3 Å². The smallest absolute Gasteiger partial charge is 0.338 e. The van der Waals surface area contributed by atoms with E-state index in [0.29, 0.717) is 17.4 Å². The van der Waals surface area contributed by atoms with E-state index < -0.39 is 0 Å². The zero-order valence-corrected chi connectivity index (χ0v) is 9.91. The molecule has 0 spiro atoms. The van der Waals surface area contributed by atoms with Gasteiger partial charge in [0.25, 0.3) is 0 Å². The second kappa shape index (κ2) is 5.37. The highest BCUT2D eigenvalue weighted by Gasteiger charge is 2.23. The van der Waals surface area contributed by atoms with Crippen LogP contribution >= 0.6 is 11.8 Å². The molecule has 86 valence electrons. The van der Waals surface area contributed by atoms with Crippen LogP contribution in [0.4, 0.5) is 0 Å². The summed E-state index contributed by atoms with van der Waals surface area (Å²) in [6.07, 6.45) is 0. The first-order valence-corrected chi connectivity index (χ1v) is 6.19. The minimum atomic E-state index is -0.288. The fourth-order valence-corrected chi connectivity index (χ4v) is 2.45. The Balaban J connectivity index is 1.80. The zero-order valence-electron chi connectivity index (χ0n) is 9.09. The molecule has 0 amide bonds. The summed E-state index contributed by atoms with van der Waals surface area (Å²) in [4.78, 5) is 11.6. The van der Waals surface area contributed by atoms with Crippen molar-refractivity contribution in [3.05, 3.63) is 35.9 Å². The van der Waals surface area contributed by atoms with Gasteiger partial charge in [-0.1, -0.05) is 25.1 Å². The minimum absolute atomic E-state index is 0.0114. The van der Waals surface area contributed by atoms with Crippen LogP contribution in [0.25, 0.3) is 0 Å². The summed E-state index contributed by atoms with van der Waals surface area (Å²) < 4.78 is 10.6. The van der Waals surface area contributed by atoms with Gasteiger partial charge in [0.2, 0.25) is 0 Å². The molecule has 0 saturated carbocycles. The molecule has 0 radical (unpaired) electrons. The summed E-state index contributed by atoms with van der Waals surface area (Å²) >= 11 is 1.70. The highest BCUT2D eigenvalue weighted by molar-refractivity contribution is 8.00. The fourth-order valence-electron chi connectivity index (χ4n) is 1.47. The summed E-state index contributed by atoms with van der Waals surface area (Å²) in [6.45, 7) is 3.16. The van der Waals surface area contributed by atoms with Crippen molar-refractivity contribution >= 4 is 17.7 Å². The molecule has 0 unspecified atom stereocenters. The molecule has 2 rings (SSSR count). The van der Waals surface area contributed by atoms with Crippen molar-refractivity contribution in [2.45, 2.75) is 17.6 Å². The maximum Gasteiger partial charge on any atom is 0.338 e. The van der Waals surface area contributed by atoms with Gasteiger partial charge in [0.1, 0.15) is 12.0 Å². The van der Waals surface area contributed by atoms with Crippen LogP contribution in [-0.2, 0) is 9.47 Å². The number of rotatable bonds is 3. The third-order valence-corrected chi connectivity index (χ3v) is 3.44. The molecule has 16 heavy (non-hydrogen) atoms. The van der Waals surface area contributed by atoms with Crippen molar-refractivity contribution in [3.63, 3.8) is 0 Å². The van der Waals surface area contributed by atoms with Gasteiger partial charge in [-0.15, -0.1) is 11.8 Å². The van der Waals surface area contributed by atoms with Gasteiger partial charge in [0.05, 0.1) is 12.2 Å². The summed E-state index contributed by atoms with van der Waals surface area (Å²) in [5.74, 6) is -0.288. The Morgan fingerprint density at radius 3 is 2.88 bits per heavy atom. The van der Waals surface area contributed by atoms with Crippen LogP contribution < -0.4 is 0 Å². The number of hydrogen-bond acceptors (Lipinski definition) is 4. The van der Waals surface area contributed by atoms with Crippen LogP contribution in [0.5, 0.6) is 0 Å². The first-order chi connectivity index (χ1) is 7.75. The molecule has 4 heteroatoms. The van der Waals surface area contributed by atoms with Crippen molar-refractivity contribution < 1.29 is 14.3 Å². The minimum Gasteiger partial charge on any atom is -0.458 e. The second-order valence-corrected chi connectivity index (χ2v) is 5.28.